The molecule has 1 aliphatic rings. The van der Waals surface area contributed by atoms with Crippen LogP contribution in [0.3, 0.4) is 0 Å². The van der Waals surface area contributed by atoms with Gasteiger partial charge in [-0.15, -0.1) is 0 Å². The quantitative estimate of drug-likeness (QED) is 0.140. The number of aliphatic carboxylic acids is 4. The van der Waals surface area contributed by atoms with Crippen molar-refractivity contribution >= 4 is 29.6 Å². The van der Waals surface area contributed by atoms with Crippen molar-refractivity contribution in [1.82, 2.24) is 24.9 Å². The van der Waals surface area contributed by atoms with E-state index in [4.69, 9.17) is 5.73 Å². The molecule has 1 aliphatic heterocycles. The van der Waals surface area contributed by atoms with Crippen LogP contribution >= 0.6 is 0 Å². The van der Waals surface area contributed by atoms with Gasteiger partial charge in [-0.25, -0.2) is 0 Å². The summed E-state index contributed by atoms with van der Waals surface area (Å²) in [7, 11) is 0. The smallest absolute Gasteiger partial charge is 0.317 e. The molecular weight excluding hydrogens is 536 g/mol. The monoisotopic (exact) mass is 580 g/mol. The molecule has 41 heavy (non-hydrogen) atoms. The average molecular weight is 581 g/mol. The first kappa shape index (κ1) is 33.9. The van der Waals surface area contributed by atoms with Crippen molar-refractivity contribution < 1.29 is 39.6 Å². The van der Waals surface area contributed by atoms with Gasteiger partial charge in [-0.3, -0.25) is 38.8 Å². The zero-order valence-electron chi connectivity index (χ0n) is 23.5. The third kappa shape index (κ3) is 15.3. The Morgan fingerprint density at radius 1 is 0.683 bits per heavy atom. The predicted octanol–water partition coefficient (Wildman–Crippen LogP) is -0.890. The normalized spacial score (nSPS) is 17.8. The molecule has 0 aliphatic carbocycles. The Morgan fingerprint density at radius 3 is 1.49 bits per heavy atom. The van der Waals surface area contributed by atoms with Gasteiger partial charge in [0.1, 0.15) is 0 Å². The fourth-order valence-electron chi connectivity index (χ4n) is 4.85. The molecular formula is C27H44N6O8. The summed E-state index contributed by atoms with van der Waals surface area (Å²) in [6.07, 6.45) is 2.32. The lowest BCUT2D eigenvalue weighted by molar-refractivity contribution is -0.140. The molecule has 0 amide bonds. The predicted molar refractivity (Wildman–Crippen MR) is 152 cm³/mol. The molecule has 0 bridgehead atoms. The van der Waals surface area contributed by atoms with Gasteiger partial charge in [0.05, 0.1) is 26.2 Å². The zero-order chi connectivity index (χ0) is 30.2. The first-order valence-electron chi connectivity index (χ1n) is 13.8. The van der Waals surface area contributed by atoms with Crippen molar-refractivity contribution in [2.75, 3.05) is 90.8 Å². The number of rotatable bonds is 15. The Kier molecular flexibility index (Phi) is 15.0. The molecule has 7 N–H and O–H groups in total. The second-order valence-corrected chi connectivity index (χ2v) is 10.4. The second-order valence-electron chi connectivity index (χ2n) is 10.4. The van der Waals surface area contributed by atoms with E-state index in [1.165, 1.54) is 0 Å². The van der Waals surface area contributed by atoms with E-state index >= 15 is 0 Å². The number of benzene rings is 1. The number of anilines is 1. The standard InChI is InChI=1S/C27H44N6O8/c28-22-6-4-21(5-7-22)2-1-3-23(29-16-24(34)35)17-30-8-10-31(18-25(36)37)12-14-33(20-27(40)41)15-13-32(11-9-30)19-26(38)39/h4-7,23,29H,1-3,8-20,28H2,(H,34,35)(H,36,37)(H,38,39)(H,40,41). The molecule has 1 saturated heterocycles. The Bertz CT molecular complexity index is 947. The van der Waals surface area contributed by atoms with Crippen LogP contribution in [0.5, 0.6) is 0 Å². The van der Waals surface area contributed by atoms with Crippen LogP contribution in [0.25, 0.3) is 0 Å². The molecule has 1 heterocycles. The van der Waals surface area contributed by atoms with Crippen LogP contribution in [0.2, 0.25) is 0 Å². The van der Waals surface area contributed by atoms with Gasteiger partial charge in [0.25, 0.3) is 0 Å². The van der Waals surface area contributed by atoms with Crippen molar-refractivity contribution in [3.05, 3.63) is 29.8 Å². The third-order valence-electron chi connectivity index (χ3n) is 7.02. The lowest BCUT2D eigenvalue weighted by atomic mass is 10.0. The van der Waals surface area contributed by atoms with Gasteiger partial charge in [-0.2, -0.15) is 0 Å². The van der Waals surface area contributed by atoms with E-state index in [0.717, 1.165) is 18.4 Å². The van der Waals surface area contributed by atoms with Gasteiger partial charge in [0, 0.05) is 70.6 Å². The van der Waals surface area contributed by atoms with Crippen LogP contribution in [-0.2, 0) is 25.6 Å². The molecule has 14 heteroatoms. The van der Waals surface area contributed by atoms with Gasteiger partial charge in [0.15, 0.2) is 0 Å². The molecule has 0 radical (unpaired) electrons. The molecule has 0 aromatic heterocycles. The Hall–Kier alpha value is -3.30. The molecule has 1 atom stereocenters. The first-order chi connectivity index (χ1) is 19.5. The minimum absolute atomic E-state index is 0.153. The number of nitrogens with two attached hydrogens (primary N) is 1. The number of carboxylic acid groups (broad SMARTS) is 4. The highest BCUT2D eigenvalue weighted by molar-refractivity contribution is 5.70. The first-order valence-corrected chi connectivity index (χ1v) is 13.8. The van der Waals surface area contributed by atoms with E-state index in [0.29, 0.717) is 71.0 Å². The summed E-state index contributed by atoms with van der Waals surface area (Å²) in [5.41, 5.74) is 7.59. The highest BCUT2D eigenvalue weighted by Crippen LogP contribution is 2.11. The average Bonchev–Trinajstić information content (AvgIpc) is 2.88. The highest BCUT2D eigenvalue weighted by Gasteiger charge is 2.22. The van der Waals surface area contributed by atoms with E-state index < -0.39 is 23.9 Å². The molecule has 230 valence electrons. The summed E-state index contributed by atoms with van der Waals surface area (Å²) in [6, 6.07) is 7.48. The Balaban J connectivity index is 2.14. The largest absolute Gasteiger partial charge is 0.480 e. The van der Waals surface area contributed by atoms with E-state index in [1.807, 2.05) is 24.3 Å². The molecule has 0 saturated carbocycles. The lowest BCUT2D eigenvalue weighted by Crippen LogP contribution is -2.50. The molecule has 1 aromatic rings. The number of carbonyl (C=O) groups is 4. The summed E-state index contributed by atoms with van der Waals surface area (Å²) >= 11 is 0. The fourth-order valence-corrected chi connectivity index (χ4v) is 4.85. The Morgan fingerprint density at radius 2 is 1.10 bits per heavy atom. The fraction of sp³-hybridized carbons (Fsp3) is 0.630. The maximum Gasteiger partial charge on any atom is 0.317 e. The molecule has 1 unspecified atom stereocenters. The molecule has 14 nitrogen and oxygen atoms in total. The third-order valence-corrected chi connectivity index (χ3v) is 7.02. The van der Waals surface area contributed by atoms with Gasteiger partial charge in [0.2, 0.25) is 0 Å². The summed E-state index contributed by atoms with van der Waals surface area (Å²) in [6.45, 7) is 2.81. The molecule has 0 spiro atoms. The van der Waals surface area contributed by atoms with Crippen molar-refractivity contribution in [2.45, 2.75) is 25.3 Å². The van der Waals surface area contributed by atoms with E-state index in [1.54, 1.807) is 14.7 Å². The maximum atomic E-state index is 11.5. The maximum absolute atomic E-state index is 11.5. The lowest BCUT2D eigenvalue weighted by Gasteiger charge is -2.34. The number of nitrogens with zero attached hydrogens (tertiary/aromatic N) is 4. The number of hydrogen-bond acceptors (Lipinski definition) is 10. The zero-order valence-corrected chi connectivity index (χ0v) is 23.5. The topological polar surface area (TPSA) is 200 Å². The van der Waals surface area contributed by atoms with Gasteiger partial charge >= 0.3 is 23.9 Å². The number of nitrogen functional groups attached to an aromatic ring is 1. The van der Waals surface area contributed by atoms with Crippen LogP contribution in [0.1, 0.15) is 18.4 Å². The van der Waals surface area contributed by atoms with Gasteiger partial charge in [-0.05, 0) is 37.0 Å². The van der Waals surface area contributed by atoms with Crippen molar-refractivity contribution in [1.29, 1.82) is 0 Å². The van der Waals surface area contributed by atoms with E-state index in [-0.39, 0.29) is 32.2 Å². The number of nitrogens with one attached hydrogen (secondary N) is 1. The van der Waals surface area contributed by atoms with Crippen LogP contribution in [0.15, 0.2) is 24.3 Å². The summed E-state index contributed by atoms with van der Waals surface area (Å²) in [5, 5.41) is 40.5. The summed E-state index contributed by atoms with van der Waals surface area (Å²) in [4.78, 5) is 53.0. The molecule has 2 rings (SSSR count). The van der Waals surface area contributed by atoms with Crippen LogP contribution < -0.4 is 11.1 Å². The highest BCUT2D eigenvalue weighted by atomic mass is 16.4. The van der Waals surface area contributed by atoms with E-state index in [9.17, 15) is 39.6 Å². The van der Waals surface area contributed by atoms with Crippen molar-refractivity contribution in [3.8, 4) is 0 Å². The van der Waals surface area contributed by atoms with Crippen molar-refractivity contribution in [2.24, 2.45) is 0 Å². The Labute approximate surface area is 240 Å². The van der Waals surface area contributed by atoms with Crippen molar-refractivity contribution in [3.63, 3.8) is 0 Å². The number of carboxylic acids is 4. The van der Waals surface area contributed by atoms with Crippen LogP contribution in [0, 0.1) is 0 Å². The SMILES string of the molecule is Nc1ccc(CCCC(CN2CCN(CC(=O)O)CCN(CC(=O)O)CCN(CC(=O)O)CC2)NCC(=O)O)cc1. The van der Waals surface area contributed by atoms with Gasteiger partial charge < -0.3 is 31.5 Å². The summed E-state index contributed by atoms with van der Waals surface area (Å²) < 4.78 is 0. The molecule has 1 aromatic carbocycles. The van der Waals surface area contributed by atoms with E-state index in [2.05, 4.69) is 10.2 Å². The van der Waals surface area contributed by atoms with Crippen LogP contribution in [0.4, 0.5) is 5.69 Å². The number of hydrogen-bond donors (Lipinski definition) is 6. The minimum Gasteiger partial charge on any atom is -0.480 e. The summed E-state index contributed by atoms with van der Waals surface area (Å²) in [5.74, 6) is -3.93. The van der Waals surface area contributed by atoms with Crippen LogP contribution in [-0.4, -0.2) is 155 Å². The second kappa shape index (κ2) is 18.2. The minimum atomic E-state index is -1.01. The van der Waals surface area contributed by atoms with Gasteiger partial charge in [-0.1, -0.05) is 12.1 Å². The molecule has 1 fully saturated rings. The number of aryl methyl sites for hydroxylation is 1.